The van der Waals surface area contributed by atoms with Gasteiger partial charge in [-0.2, -0.15) is 5.10 Å². The Kier molecular flexibility index (Phi) is 6.23. The molecule has 0 aliphatic heterocycles. The lowest BCUT2D eigenvalue weighted by Crippen LogP contribution is -2.13. The van der Waals surface area contributed by atoms with Crippen LogP contribution in [0.25, 0.3) is 22.3 Å². The first kappa shape index (κ1) is 20.9. The molecule has 4 rings (SSSR count). The summed E-state index contributed by atoms with van der Waals surface area (Å²) in [6.45, 7) is 3.70. The molecule has 1 aromatic carbocycles. The lowest BCUT2D eigenvalue weighted by Gasteiger charge is -2.09. The first-order valence-corrected chi connectivity index (χ1v) is 10.5. The molecule has 7 nitrogen and oxygen atoms in total. The van der Waals surface area contributed by atoms with E-state index in [-0.39, 0.29) is 0 Å². The molecule has 0 radical (unpaired) electrons. The SMILES string of the molecule is COc1ccc(Cn2nc(C)c3cc(-c4cncc(CCCN(C)C)n4)cnc32)cc1. The van der Waals surface area contributed by atoms with E-state index >= 15 is 0 Å². The van der Waals surface area contributed by atoms with Gasteiger partial charge in [-0.1, -0.05) is 12.1 Å². The van der Waals surface area contributed by atoms with E-state index in [1.165, 1.54) is 0 Å². The summed E-state index contributed by atoms with van der Waals surface area (Å²) in [6.07, 6.45) is 7.48. The van der Waals surface area contributed by atoms with Crippen molar-refractivity contribution in [3.63, 3.8) is 0 Å². The summed E-state index contributed by atoms with van der Waals surface area (Å²) in [5.41, 5.74) is 5.78. The molecule has 0 atom stereocenters. The van der Waals surface area contributed by atoms with Gasteiger partial charge in [-0.05, 0) is 64.2 Å². The maximum Gasteiger partial charge on any atom is 0.158 e. The molecule has 0 unspecified atom stereocenters. The van der Waals surface area contributed by atoms with Gasteiger partial charge >= 0.3 is 0 Å². The van der Waals surface area contributed by atoms with Crippen molar-refractivity contribution >= 4 is 11.0 Å². The molecular formula is C24H28N6O. The van der Waals surface area contributed by atoms with Gasteiger partial charge in [0.25, 0.3) is 0 Å². The Labute approximate surface area is 182 Å². The number of methoxy groups -OCH3 is 1. The Hall–Kier alpha value is -3.32. The number of benzene rings is 1. The third-order valence-electron chi connectivity index (χ3n) is 5.28. The van der Waals surface area contributed by atoms with Crippen LogP contribution in [0.4, 0.5) is 0 Å². The normalized spacial score (nSPS) is 11.4. The molecule has 0 aliphatic carbocycles. The number of rotatable bonds is 8. The van der Waals surface area contributed by atoms with Crippen molar-refractivity contribution in [2.75, 3.05) is 27.7 Å². The van der Waals surface area contributed by atoms with E-state index in [9.17, 15) is 0 Å². The molecule has 0 spiro atoms. The predicted octanol–water partition coefficient (Wildman–Crippen LogP) is 3.75. The van der Waals surface area contributed by atoms with Crippen LogP contribution in [0.1, 0.15) is 23.4 Å². The van der Waals surface area contributed by atoms with Crippen molar-refractivity contribution < 1.29 is 4.74 Å². The van der Waals surface area contributed by atoms with E-state index in [2.05, 4.69) is 30.0 Å². The summed E-state index contributed by atoms with van der Waals surface area (Å²) in [6, 6.07) is 10.1. The zero-order valence-corrected chi connectivity index (χ0v) is 18.5. The number of hydrogen-bond acceptors (Lipinski definition) is 6. The topological polar surface area (TPSA) is 69.0 Å². The Morgan fingerprint density at radius 2 is 1.87 bits per heavy atom. The Bertz CT molecular complexity index is 1170. The molecule has 3 aromatic heterocycles. The van der Waals surface area contributed by atoms with Gasteiger partial charge < -0.3 is 9.64 Å². The fourth-order valence-corrected chi connectivity index (χ4v) is 3.61. The van der Waals surface area contributed by atoms with E-state index < -0.39 is 0 Å². The number of aromatic nitrogens is 5. The van der Waals surface area contributed by atoms with Crippen LogP contribution in [-0.2, 0) is 13.0 Å². The van der Waals surface area contributed by atoms with Gasteiger partial charge in [0.1, 0.15) is 5.75 Å². The second-order valence-corrected chi connectivity index (χ2v) is 7.99. The highest BCUT2D eigenvalue weighted by molar-refractivity contribution is 5.82. The average Bonchev–Trinajstić information content (AvgIpc) is 3.09. The number of ether oxygens (including phenoxy) is 1. The number of aryl methyl sites for hydroxylation is 2. The Morgan fingerprint density at radius 1 is 1.06 bits per heavy atom. The van der Waals surface area contributed by atoms with Crippen molar-refractivity contribution in [2.24, 2.45) is 0 Å². The maximum atomic E-state index is 5.24. The predicted molar refractivity (Wildman–Crippen MR) is 122 cm³/mol. The molecule has 0 bridgehead atoms. The van der Waals surface area contributed by atoms with Crippen molar-refractivity contribution in [3.05, 3.63) is 65.9 Å². The summed E-state index contributed by atoms with van der Waals surface area (Å²) in [4.78, 5) is 16.1. The lowest BCUT2D eigenvalue weighted by molar-refractivity contribution is 0.399. The summed E-state index contributed by atoms with van der Waals surface area (Å²) < 4.78 is 7.19. The van der Waals surface area contributed by atoms with Crippen LogP contribution in [0.15, 0.2) is 48.9 Å². The molecule has 0 saturated heterocycles. The van der Waals surface area contributed by atoms with Crippen LogP contribution < -0.4 is 4.74 Å². The second kappa shape index (κ2) is 9.22. The molecule has 160 valence electrons. The minimum absolute atomic E-state index is 0.655. The molecule has 0 fully saturated rings. The molecule has 3 heterocycles. The van der Waals surface area contributed by atoms with Crippen LogP contribution in [0.3, 0.4) is 0 Å². The summed E-state index contributed by atoms with van der Waals surface area (Å²) >= 11 is 0. The number of fused-ring (bicyclic) bond motifs is 1. The van der Waals surface area contributed by atoms with Gasteiger partial charge in [0.15, 0.2) is 5.65 Å². The highest BCUT2D eigenvalue weighted by atomic mass is 16.5. The molecule has 31 heavy (non-hydrogen) atoms. The highest BCUT2D eigenvalue weighted by Crippen LogP contribution is 2.24. The summed E-state index contributed by atoms with van der Waals surface area (Å²) in [7, 11) is 5.84. The van der Waals surface area contributed by atoms with E-state index in [1.807, 2.05) is 48.3 Å². The second-order valence-electron chi connectivity index (χ2n) is 7.99. The fraction of sp³-hybridized carbons (Fsp3) is 0.333. The van der Waals surface area contributed by atoms with E-state index in [0.717, 1.165) is 64.4 Å². The van der Waals surface area contributed by atoms with Crippen molar-refractivity contribution in [1.29, 1.82) is 0 Å². The van der Waals surface area contributed by atoms with Crippen LogP contribution >= 0.6 is 0 Å². The van der Waals surface area contributed by atoms with Gasteiger partial charge in [-0.25, -0.2) is 14.6 Å². The van der Waals surface area contributed by atoms with E-state index in [4.69, 9.17) is 19.8 Å². The molecule has 0 aliphatic rings. The first-order chi connectivity index (χ1) is 15.0. The molecule has 0 saturated carbocycles. The first-order valence-electron chi connectivity index (χ1n) is 10.5. The van der Waals surface area contributed by atoms with Crippen molar-refractivity contribution in [1.82, 2.24) is 29.6 Å². The zero-order chi connectivity index (χ0) is 21.8. The smallest absolute Gasteiger partial charge is 0.158 e. The van der Waals surface area contributed by atoms with E-state index in [0.29, 0.717) is 6.54 Å². The van der Waals surface area contributed by atoms with Crippen LogP contribution in [0.2, 0.25) is 0 Å². The summed E-state index contributed by atoms with van der Waals surface area (Å²) in [5, 5.41) is 5.75. The fourth-order valence-electron chi connectivity index (χ4n) is 3.61. The standard InChI is InChI=1S/C24H28N6O/c1-17-22-12-19(23-15-25-14-20(27-23)6-5-11-29(2)3)13-26-24(22)30(28-17)16-18-7-9-21(31-4)10-8-18/h7-10,12-15H,5-6,11,16H2,1-4H3. The maximum absolute atomic E-state index is 5.24. The third kappa shape index (κ3) is 4.88. The third-order valence-corrected chi connectivity index (χ3v) is 5.28. The Balaban J connectivity index is 1.58. The summed E-state index contributed by atoms with van der Waals surface area (Å²) in [5.74, 6) is 0.845. The Morgan fingerprint density at radius 3 is 2.61 bits per heavy atom. The van der Waals surface area contributed by atoms with Crippen molar-refractivity contribution in [2.45, 2.75) is 26.3 Å². The molecule has 0 amide bonds. The van der Waals surface area contributed by atoms with Gasteiger partial charge in [-0.3, -0.25) is 4.98 Å². The van der Waals surface area contributed by atoms with Gasteiger partial charge in [-0.15, -0.1) is 0 Å². The minimum Gasteiger partial charge on any atom is -0.497 e. The van der Waals surface area contributed by atoms with Crippen LogP contribution in [0, 0.1) is 6.92 Å². The van der Waals surface area contributed by atoms with Crippen LogP contribution in [0.5, 0.6) is 5.75 Å². The van der Waals surface area contributed by atoms with Crippen LogP contribution in [-0.4, -0.2) is 57.4 Å². The zero-order valence-electron chi connectivity index (χ0n) is 18.5. The number of hydrogen-bond donors (Lipinski definition) is 0. The van der Waals surface area contributed by atoms with Crippen molar-refractivity contribution in [3.8, 4) is 17.0 Å². The quantitative estimate of drug-likeness (QED) is 0.436. The van der Waals surface area contributed by atoms with Gasteiger partial charge in [0, 0.05) is 23.3 Å². The average molecular weight is 417 g/mol. The number of nitrogens with zero attached hydrogens (tertiary/aromatic N) is 6. The van der Waals surface area contributed by atoms with E-state index in [1.54, 1.807) is 13.3 Å². The van der Waals surface area contributed by atoms with Gasteiger partial charge in [0.2, 0.25) is 0 Å². The highest BCUT2D eigenvalue weighted by Gasteiger charge is 2.12. The molecule has 7 heteroatoms. The molecular weight excluding hydrogens is 388 g/mol. The molecule has 0 N–H and O–H groups in total. The molecule has 4 aromatic rings. The number of pyridine rings is 1. The minimum atomic E-state index is 0.655. The largest absolute Gasteiger partial charge is 0.497 e. The monoisotopic (exact) mass is 416 g/mol. The lowest BCUT2D eigenvalue weighted by atomic mass is 10.1. The van der Waals surface area contributed by atoms with Gasteiger partial charge in [0.05, 0.1) is 36.9 Å².